The van der Waals surface area contributed by atoms with E-state index in [1.807, 2.05) is 6.92 Å². The average molecular weight is 372 g/mol. The van der Waals surface area contributed by atoms with Gasteiger partial charge in [0.15, 0.2) is 11.5 Å². The minimum Gasteiger partial charge on any atom is -0.508 e. The molecule has 0 aliphatic carbocycles. The Kier molecular flexibility index (Phi) is 4.29. The van der Waals surface area contributed by atoms with Crippen LogP contribution in [0.25, 0.3) is 0 Å². The van der Waals surface area contributed by atoms with Crippen molar-refractivity contribution in [1.82, 2.24) is 10.9 Å². The Labute approximate surface area is 155 Å². The van der Waals surface area contributed by atoms with Gasteiger partial charge >= 0.3 is 5.97 Å². The molecule has 0 saturated carbocycles. The van der Waals surface area contributed by atoms with Gasteiger partial charge in [0.1, 0.15) is 17.5 Å². The van der Waals surface area contributed by atoms with E-state index in [2.05, 4.69) is 10.9 Å². The van der Waals surface area contributed by atoms with Gasteiger partial charge in [-0.05, 0) is 35.7 Å². The lowest BCUT2D eigenvalue weighted by atomic mass is 9.82. The molecule has 0 spiro atoms. The molecule has 2 aliphatic heterocycles. The topological polar surface area (TPSA) is 120 Å². The van der Waals surface area contributed by atoms with E-state index in [4.69, 9.17) is 9.47 Å². The number of aryl methyl sites for hydroxylation is 1. The van der Waals surface area contributed by atoms with Gasteiger partial charge in [-0.25, -0.2) is 10.9 Å². The van der Waals surface area contributed by atoms with Crippen molar-refractivity contribution in [3.05, 3.63) is 47.0 Å². The van der Waals surface area contributed by atoms with Crippen LogP contribution in [0.3, 0.4) is 0 Å². The first-order valence-corrected chi connectivity index (χ1v) is 8.67. The molecule has 1 fully saturated rings. The van der Waals surface area contributed by atoms with Gasteiger partial charge < -0.3 is 24.8 Å². The fourth-order valence-electron chi connectivity index (χ4n) is 3.72. The third-order valence-corrected chi connectivity index (χ3v) is 5.10. The van der Waals surface area contributed by atoms with Crippen molar-refractivity contribution in [2.75, 3.05) is 6.79 Å². The van der Waals surface area contributed by atoms with Crippen molar-refractivity contribution >= 4 is 5.97 Å². The second-order valence-electron chi connectivity index (χ2n) is 6.61. The molecule has 8 nitrogen and oxygen atoms in total. The highest BCUT2D eigenvalue weighted by Gasteiger charge is 2.43. The van der Waals surface area contributed by atoms with Crippen molar-refractivity contribution in [3.8, 4) is 23.0 Å². The van der Waals surface area contributed by atoms with Gasteiger partial charge in [-0.15, -0.1) is 0 Å². The normalized spacial score (nSPS) is 23.5. The zero-order chi connectivity index (χ0) is 19.1. The number of carbonyl (C=O) groups is 1. The number of benzene rings is 2. The molecular formula is C19H20N2O6. The molecule has 8 heteroatoms. The van der Waals surface area contributed by atoms with Gasteiger partial charge in [-0.1, -0.05) is 13.0 Å². The number of hydrazine groups is 1. The summed E-state index contributed by atoms with van der Waals surface area (Å²) in [5.74, 6) is -0.438. The molecule has 4 rings (SSSR count). The quantitative estimate of drug-likeness (QED) is 0.551. The van der Waals surface area contributed by atoms with Crippen molar-refractivity contribution in [2.45, 2.75) is 31.3 Å². The zero-order valence-electron chi connectivity index (χ0n) is 14.6. The summed E-state index contributed by atoms with van der Waals surface area (Å²) in [4.78, 5) is 11.8. The molecule has 1 saturated heterocycles. The number of fused-ring (bicyclic) bond motifs is 1. The number of carboxylic acids is 1. The third-order valence-electron chi connectivity index (χ3n) is 5.10. The highest BCUT2D eigenvalue weighted by atomic mass is 16.7. The van der Waals surface area contributed by atoms with E-state index < -0.39 is 24.0 Å². The summed E-state index contributed by atoms with van der Waals surface area (Å²) in [6, 6.07) is 6.89. The number of nitrogens with one attached hydrogen (secondary N) is 2. The summed E-state index contributed by atoms with van der Waals surface area (Å²) >= 11 is 0. The highest BCUT2D eigenvalue weighted by Crippen LogP contribution is 2.44. The van der Waals surface area contributed by atoms with Gasteiger partial charge in [0.05, 0.1) is 6.04 Å². The molecule has 3 atom stereocenters. The van der Waals surface area contributed by atoms with E-state index in [1.54, 1.807) is 24.3 Å². The van der Waals surface area contributed by atoms with Crippen molar-refractivity contribution in [2.24, 2.45) is 0 Å². The van der Waals surface area contributed by atoms with Gasteiger partial charge in [-0.2, -0.15) is 0 Å². The van der Waals surface area contributed by atoms with Crippen LogP contribution in [0.15, 0.2) is 30.3 Å². The van der Waals surface area contributed by atoms with Crippen LogP contribution in [0.5, 0.6) is 23.0 Å². The number of ether oxygens (including phenoxy) is 2. The summed E-state index contributed by atoms with van der Waals surface area (Å²) in [5.41, 5.74) is 7.72. The summed E-state index contributed by atoms with van der Waals surface area (Å²) < 4.78 is 10.7. The van der Waals surface area contributed by atoms with E-state index in [1.165, 1.54) is 6.07 Å². The summed E-state index contributed by atoms with van der Waals surface area (Å²) in [6.45, 7) is 2.02. The number of rotatable bonds is 4. The molecule has 2 heterocycles. The maximum Gasteiger partial charge on any atom is 0.322 e. The van der Waals surface area contributed by atoms with E-state index in [9.17, 15) is 20.1 Å². The Bertz CT molecular complexity index is 900. The molecule has 3 unspecified atom stereocenters. The molecule has 2 aromatic rings. The molecule has 27 heavy (non-hydrogen) atoms. The van der Waals surface area contributed by atoms with Gasteiger partial charge in [0.2, 0.25) is 6.79 Å². The number of aromatic hydroxyl groups is 2. The van der Waals surface area contributed by atoms with Crippen LogP contribution in [0.4, 0.5) is 0 Å². The largest absolute Gasteiger partial charge is 0.508 e. The molecule has 0 amide bonds. The van der Waals surface area contributed by atoms with E-state index in [-0.39, 0.29) is 18.3 Å². The van der Waals surface area contributed by atoms with Gasteiger partial charge in [-0.3, -0.25) is 4.79 Å². The predicted molar refractivity (Wildman–Crippen MR) is 94.9 cm³/mol. The average Bonchev–Trinajstić information content (AvgIpc) is 3.28. The Morgan fingerprint density at radius 2 is 1.89 bits per heavy atom. The first-order valence-electron chi connectivity index (χ1n) is 8.67. The minimum atomic E-state index is -1.01. The number of aliphatic carboxylic acids is 1. The summed E-state index contributed by atoms with van der Waals surface area (Å²) in [5, 5.41) is 30.0. The van der Waals surface area contributed by atoms with Gasteiger partial charge in [0, 0.05) is 17.5 Å². The zero-order valence-corrected chi connectivity index (χ0v) is 14.6. The molecule has 0 bridgehead atoms. The lowest BCUT2D eigenvalue weighted by Crippen LogP contribution is -2.37. The van der Waals surface area contributed by atoms with E-state index in [0.29, 0.717) is 29.0 Å². The van der Waals surface area contributed by atoms with Crippen LogP contribution >= 0.6 is 0 Å². The van der Waals surface area contributed by atoms with Crippen LogP contribution in [-0.2, 0) is 11.2 Å². The number of carboxylic acid groups (broad SMARTS) is 1. The van der Waals surface area contributed by atoms with Gasteiger partial charge in [0.25, 0.3) is 0 Å². The van der Waals surface area contributed by atoms with E-state index in [0.717, 1.165) is 5.56 Å². The molecule has 0 radical (unpaired) electrons. The molecular weight excluding hydrogens is 352 g/mol. The summed E-state index contributed by atoms with van der Waals surface area (Å²) in [6.07, 6.45) is 0.580. The number of phenols is 2. The standard InChI is InChI=1S/C19H20N2O6/c1-2-9-5-11(13(23)7-12(9)22)17-16(18(19(24)25)21-20-17)10-3-4-14-15(6-10)27-8-26-14/h3-7,16-18,20-23H,2,8H2,1H3,(H,24,25). The van der Waals surface area contributed by atoms with Crippen molar-refractivity contribution < 1.29 is 29.6 Å². The van der Waals surface area contributed by atoms with Crippen LogP contribution in [0.2, 0.25) is 0 Å². The molecule has 2 aromatic carbocycles. The Morgan fingerprint density at radius 1 is 1.11 bits per heavy atom. The van der Waals surface area contributed by atoms with Crippen molar-refractivity contribution in [3.63, 3.8) is 0 Å². The maximum atomic E-state index is 11.8. The Hall–Kier alpha value is -2.97. The lowest BCUT2D eigenvalue weighted by Gasteiger charge is -2.23. The molecule has 2 aliphatic rings. The molecule has 5 N–H and O–H groups in total. The number of hydrogen-bond donors (Lipinski definition) is 5. The van der Waals surface area contributed by atoms with Crippen molar-refractivity contribution in [1.29, 1.82) is 0 Å². The van der Waals surface area contributed by atoms with Crippen LogP contribution in [0.1, 0.15) is 35.6 Å². The third kappa shape index (κ3) is 2.92. The van der Waals surface area contributed by atoms with E-state index >= 15 is 0 Å². The Morgan fingerprint density at radius 3 is 2.63 bits per heavy atom. The lowest BCUT2D eigenvalue weighted by molar-refractivity contribution is -0.139. The smallest absolute Gasteiger partial charge is 0.322 e. The van der Waals surface area contributed by atoms with Crippen LogP contribution in [0, 0.1) is 0 Å². The number of phenolic OH excluding ortho intramolecular Hbond substituents is 2. The summed E-state index contributed by atoms with van der Waals surface area (Å²) in [7, 11) is 0. The van der Waals surface area contributed by atoms with Crippen LogP contribution < -0.4 is 20.3 Å². The fraction of sp³-hybridized carbons (Fsp3) is 0.316. The SMILES string of the molecule is CCc1cc(C2NNC(C(=O)O)C2c2ccc3c(c2)OCO3)c(O)cc1O. The monoisotopic (exact) mass is 372 g/mol. The maximum absolute atomic E-state index is 11.8. The second kappa shape index (κ2) is 6.64. The highest BCUT2D eigenvalue weighted by molar-refractivity contribution is 5.76. The molecule has 0 aromatic heterocycles. The minimum absolute atomic E-state index is 0.0131. The first-order chi connectivity index (χ1) is 13.0. The first kappa shape index (κ1) is 17.4. The number of hydrogen-bond acceptors (Lipinski definition) is 7. The second-order valence-corrected chi connectivity index (χ2v) is 6.61. The molecule has 142 valence electrons. The fourth-order valence-corrected chi connectivity index (χ4v) is 3.72. The van der Waals surface area contributed by atoms with Crippen LogP contribution in [-0.4, -0.2) is 34.1 Å². The Balaban J connectivity index is 1.79. The predicted octanol–water partition coefficient (Wildman–Crippen LogP) is 1.77.